The van der Waals surface area contributed by atoms with Crippen LogP contribution in [0.25, 0.3) is 0 Å². The monoisotopic (exact) mass is 224 g/mol. The number of carbonyl (C=O) groups excluding carboxylic acids is 1. The molecule has 1 aromatic carbocycles. The van der Waals surface area contributed by atoms with Crippen molar-refractivity contribution in [2.24, 2.45) is 0 Å². The second kappa shape index (κ2) is 6.12. The SMILES string of the molecule is CCC(O)COc1c(C=O)cccc1OC. The fourth-order valence-corrected chi connectivity index (χ4v) is 1.24. The second-order valence-electron chi connectivity index (χ2n) is 3.37. The summed E-state index contributed by atoms with van der Waals surface area (Å²) in [6.45, 7) is 2.01. The number of aliphatic hydroxyl groups is 1. The lowest BCUT2D eigenvalue weighted by atomic mass is 10.2. The van der Waals surface area contributed by atoms with E-state index in [9.17, 15) is 9.90 Å². The predicted molar refractivity (Wildman–Crippen MR) is 60.2 cm³/mol. The molecular formula is C12H16O4. The highest BCUT2D eigenvalue weighted by atomic mass is 16.5. The van der Waals surface area contributed by atoms with Crippen LogP contribution in [0.1, 0.15) is 23.7 Å². The standard InChI is InChI=1S/C12H16O4/c1-3-10(14)8-16-12-9(7-13)5-4-6-11(12)15-2/h4-7,10,14H,3,8H2,1-2H3. The molecule has 0 saturated heterocycles. The molecule has 1 rings (SSSR count). The first kappa shape index (κ1) is 12.5. The molecule has 4 heteroatoms. The minimum absolute atomic E-state index is 0.151. The number of methoxy groups -OCH3 is 1. The van der Waals surface area contributed by atoms with Crippen LogP contribution in [-0.4, -0.2) is 31.2 Å². The maximum Gasteiger partial charge on any atom is 0.171 e. The lowest BCUT2D eigenvalue weighted by molar-refractivity contribution is 0.0998. The van der Waals surface area contributed by atoms with Gasteiger partial charge in [-0.05, 0) is 18.6 Å². The first-order valence-electron chi connectivity index (χ1n) is 5.16. The maximum atomic E-state index is 10.8. The summed E-state index contributed by atoms with van der Waals surface area (Å²) < 4.78 is 10.5. The van der Waals surface area contributed by atoms with Crippen molar-refractivity contribution in [3.8, 4) is 11.5 Å². The van der Waals surface area contributed by atoms with Crippen LogP contribution in [0.3, 0.4) is 0 Å². The van der Waals surface area contributed by atoms with E-state index in [4.69, 9.17) is 9.47 Å². The summed E-state index contributed by atoms with van der Waals surface area (Å²) in [6.07, 6.45) is 0.770. The zero-order chi connectivity index (χ0) is 12.0. The van der Waals surface area contributed by atoms with Gasteiger partial charge in [-0.15, -0.1) is 0 Å². The Morgan fingerprint density at radius 3 is 2.81 bits per heavy atom. The molecule has 1 atom stereocenters. The third-order valence-electron chi connectivity index (χ3n) is 2.25. The molecule has 88 valence electrons. The van der Waals surface area contributed by atoms with Gasteiger partial charge >= 0.3 is 0 Å². The van der Waals surface area contributed by atoms with Gasteiger partial charge in [-0.2, -0.15) is 0 Å². The summed E-state index contributed by atoms with van der Waals surface area (Å²) in [7, 11) is 1.51. The number of ether oxygens (including phenoxy) is 2. The van der Waals surface area contributed by atoms with Crippen LogP contribution >= 0.6 is 0 Å². The van der Waals surface area contributed by atoms with Gasteiger partial charge in [0.25, 0.3) is 0 Å². The highest BCUT2D eigenvalue weighted by Gasteiger charge is 2.11. The molecule has 0 saturated carbocycles. The Hall–Kier alpha value is -1.55. The Morgan fingerprint density at radius 1 is 1.50 bits per heavy atom. The lowest BCUT2D eigenvalue weighted by Crippen LogP contribution is -2.17. The predicted octanol–water partition coefficient (Wildman–Crippen LogP) is 1.66. The van der Waals surface area contributed by atoms with Gasteiger partial charge < -0.3 is 14.6 Å². The Balaban J connectivity index is 2.86. The fourth-order valence-electron chi connectivity index (χ4n) is 1.24. The molecule has 0 amide bonds. The minimum atomic E-state index is -0.538. The Labute approximate surface area is 94.8 Å². The number of para-hydroxylation sites is 1. The van der Waals surface area contributed by atoms with Crippen molar-refractivity contribution >= 4 is 6.29 Å². The van der Waals surface area contributed by atoms with Crippen molar-refractivity contribution < 1.29 is 19.4 Å². The number of hydrogen-bond donors (Lipinski definition) is 1. The van der Waals surface area contributed by atoms with Crippen LogP contribution in [0.15, 0.2) is 18.2 Å². The number of hydrogen-bond acceptors (Lipinski definition) is 4. The summed E-state index contributed by atoms with van der Waals surface area (Å²) in [5.74, 6) is 0.875. The molecule has 1 aromatic rings. The molecule has 1 N–H and O–H groups in total. The fraction of sp³-hybridized carbons (Fsp3) is 0.417. The third kappa shape index (κ3) is 2.97. The molecular weight excluding hydrogens is 208 g/mol. The van der Waals surface area contributed by atoms with E-state index in [2.05, 4.69) is 0 Å². The zero-order valence-electron chi connectivity index (χ0n) is 9.47. The van der Waals surface area contributed by atoms with Crippen LogP contribution < -0.4 is 9.47 Å². The van der Waals surface area contributed by atoms with Gasteiger partial charge in [0, 0.05) is 0 Å². The first-order chi connectivity index (χ1) is 7.72. The average molecular weight is 224 g/mol. The third-order valence-corrected chi connectivity index (χ3v) is 2.25. The Kier molecular flexibility index (Phi) is 4.79. The number of rotatable bonds is 6. The Bertz CT molecular complexity index is 349. The molecule has 0 aromatic heterocycles. The van der Waals surface area contributed by atoms with E-state index in [1.54, 1.807) is 18.2 Å². The molecule has 0 bridgehead atoms. The van der Waals surface area contributed by atoms with Crippen LogP contribution in [0, 0.1) is 0 Å². The smallest absolute Gasteiger partial charge is 0.171 e. The van der Waals surface area contributed by atoms with Crippen molar-refractivity contribution in [1.82, 2.24) is 0 Å². The van der Waals surface area contributed by atoms with E-state index in [0.29, 0.717) is 29.8 Å². The molecule has 16 heavy (non-hydrogen) atoms. The summed E-state index contributed by atoms with van der Waals surface area (Å²) in [4.78, 5) is 10.8. The van der Waals surface area contributed by atoms with Crippen molar-refractivity contribution in [3.05, 3.63) is 23.8 Å². The number of benzene rings is 1. The molecule has 0 aliphatic heterocycles. The van der Waals surface area contributed by atoms with E-state index in [-0.39, 0.29) is 6.61 Å². The van der Waals surface area contributed by atoms with Gasteiger partial charge in [-0.3, -0.25) is 4.79 Å². The van der Waals surface area contributed by atoms with Crippen LogP contribution in [0.5, 0.6) is 11.5 Å². The van der Waals surface area contributed by atoms with E-state index < -0.39 is 6.10 Å². The van der Waals surface area contributed by atoms with Crippen molar-refractivity contribution in [2.75, 3.05) is 13.7 Å². The van der Waals surface area contributed by atoms with E-state index >= 15 is 0 Å². The zero-order valence-corrected chi connectivity index (χ0v) is 9.47. The summed E-state index contributed by atoms with van der Waals surface area (Å²) >= 11 is 0. The van der Waals surface area contributed by atoms with Crippen molar-refractivity contribution in [3.63, 3.8) is 0 Å². The molecule has 1 unspecified atom stereocenters. The highest BCUT2D eigenvalue weighted by Crippen LogP contribution is 2.30. The van der Waals surface area contributed by atoms with E-state index in [0.717, 1.165) is 0 Å². The van der Waals surface area contributed by atoms with Gasteiger partial charge in [0.1, 0.15) is 6.61 Å². The van der Waals surface area contributed by atoms with Gasteiger partial charge in [-0.25, -0.2) is 0 Å². The maximum absolute atomic E-state index is 10.8. The van der Waals surface area contributed by atoms with Gasteiger partial charge in [-0.1, -0.05) is 13.0 Å². The van der Waals surface area contributed by atoms with Crippen LogP contribution in [0.2, 0.25) is 0 Å². The molecule has 0 heterocycles. The van der Waals surface area contributed by atoms with Crippen molar-refractivity contribution in [2.45, 2.75) is 19.4 Å². The highest BCUT2D eigenvalue weighted by molar-refractivity contribution is 5.81. The molecule has 0 fully saturated rings. The number of aldehydes is 1. The number of aliphatic hydroxyl groups excluding tert-OH is 1. The van der Waals surface area contributed by atoms with Gasteiger partial charge in [0.05, 0.1) is 18.8 Å². The molecule has 0 radical (unpaired) electrons. The molecule has 0 aliphatic rings. The lowest BCUT2D eigenvalue weighted by Gasteiger charge is -2.14. The summed E-state index contributed by atoms with van der Waals surface area (Å²) in [5.41, 5.74) is 0.419. The van der Waals surface area contributed by atoms with E-state index in [1.165, 1.54) is 7.11 Å². The average Bonchev–Trinajstić information content (AvgIpc) is 2.35. The largest absolute Gasteiger partial charge is 0.493 e. The topological polar surface area (TPSA) is 55.8 Å². The van der Waals surface area contributed by atoms with E-state index in [1.807, 2.05) is 6.92 Å². The second-order valence-corrected chi connectivity index (χ2v) is 3.37. The quantitative estimate of drug-likeness (QED) is 0.746. The summed E-state index contributed by atoms with van der Waals surface area (Å²) in [5, 5.41) is 9.39. The number of carbonyl (C=O) groups is 1. The van der Waals surface area contributed by atoms with Gasteiger partial charge in [0.15, 0.2) is 17.8 Å². The van der Waals surface area contributed by atoms with Crippen molar-refractivity contribution in [1.29, 1.82) is 0 Å². The first-order valence-corrected chi connectivity index (χ1v) is 5.16. The molecule has 0 aliphatic carbocycles. The normalized spacial score (nSPS) is 11.9. The minimum Gasteiger partial charge on any atom is -0.493 e. The molecule has 4 nitrogen and oxygen atoms in total. The molecule has 0 spiro atoms. The van der Waals surface area contributed by atoms with Gasteiger partial charge in [0.2, 0.25) is 0 Å². The van der Waals surface area contributed by atoms with Crippen LogP contribution in [-0.2, 0) is 0 Å². The Morgan fingerprint density at radius 2 is 2.25 bits per heavy atom. The van der Waals surface area contributed by atoms with Crippen LogP contribution in [0.4, 0.5) is 0 Å². The summed E-state index contributed by atoms with van der Waals surface area (Å²) in [6, 6.07) is 5.06.